The standard InChI is InChI=1S/C22H24N4O/c1-16(2)22(27)26-13-11-25(12-14-26)21-10-9-20(23-24-21)19-8-7-17-5-3-4-6-18(17)15-19/h3-10,15-16H,11-14H2,1-2H3. The molecule has 0 radical (unpaired) electrons. The van der Waals surface area contributed by atoms with Gasteiger partial charge in [0.15, 0.2) is 5.82 Å². The monoisotopic (exact) mass is 360 g/mol. The van der Waals surface area contributed by atoms with Gasteiger partial charge >= 0.3 is 0 Å². The number of fused-ring (bicyclic) bond motifs is 1. The molecular formula is C22H24N4O. The lowest BCUT2D eigenvalue weighted by Gasteiger charge is -2.36. The molecule has 2 aromatic carbocycles. The van der Waals surface area contributed by atoms with Crippen LogP contribution in [0.3, 0.4) is 0 Å². The average Bonchev–Trinajstić information content (AvgIpc) is 2.73. The SMILES string of the molecule is CC(C)C(=O)N1CCN(c2ccc(-c3ccc4ccccc4c3)nn2)CC1. The highest BCUT2D eigenvalue weighted by atomic mass is 16.2. The van der Waals surface area contributed by atoms with Crippen LogP contribution in [0.4, 0.5) is 5.82 Å². The lowest BCUT2D eigenvalue weighted by Crippen LogP contribution is -2.50. The van der Waals surface area contributed by atoms with E-state index >= 15 is 0 Å². The number of benzene rings is 2. The summed E-state index contributed by atoms with van der Waals surface area (Å²) in [7, 11) is 0. The summed E-state index contributed by atoms with van der Waals surface area (Å²) in [4.78, 5) is 16.3. The quantitative estimate of drug-likeness (QED) is 0.716. The van der Waals surface area contributed by atoms with Crippen molar-refractivity contribution in [2.45, 2.75) is 13.8 Å². The number of carbonyl (C=O) groups excluding carboxylic acids is 1. The van der Waals surface area contributed by atoms with Crippen molar-refractivity contribution in [1.82, 2.24) is 15.1 Å². The van der Waals surface area contributed by atoms with Crippen molar-refractivity contribution >= 4 is 22.5 Å². The minimum atomic E-state index is 0.0533. The van der Waals surface area contributed by atoms with Gasteiger partial charge in [-0.1, -0.05) is 50.2 Å². The van der Waals surface area contributed by atoms with E-state index in [1.165, 1.54) is 10.8 Å². The van der Waals surface area contributed by atoms with Gasteiger partial charge in [-0.2, -0.15) is 0 Å². The van der Waals surface area contributed by atoms with E-state index in [1.807, 2.05) is 43.0 Å². The molecule has 4 rings (SSSR count). The fourth-order valence-electron chi connectivity index (χ4n) is 3.52. The summed E-state index contributed by atoms with van der Waals surface area (Å²) in [5.41, 5.74) is 1.94. The Balaban J connectivity index is 1.47. The van der Waals surface area contributed by atoms with Crippen LogP contribution in [-0.2, 0) is 4.79 Å². The van der Waals surface area contributed by atoms with Crippen LogP contribution >= 0.6 is 0 Å². The molecule has 1 fully saturated rings. The molecule has 0 aliphatic carbocycles. The number of anilines is 1. The molecule has 0 N–H and O–H groups in total. The zero-order valence-electron chi connectivity index (χ0n) is 15.8. The second-order valence-electron chi connectivity index (χ2n) is 7.31. The van der Waals surface area contributed by atoms with E-state index in [9.17, 15) is 4.79 Å². The molecule has 0 atom stereocenters. The van der Waals surface area contributed by atoms with Gasteiger partial charge in [0.25, 0.3) is 0 Å². The molecular weight excluding hydrogens is 336 g/mol. The number of nitrogens with zero attached hydrogens (tertiary/aromatic N) is 4. The van der Waals surface area contributed by atoms with Crippen LogP contribution in [0, 0.1) is 5.92 Å². The summed E-state index contributed by atoms with van der Waals surface area (Å²) in [6.07, 6.45) is 0. The van der Waals surface area contributed by atoms with Crippen LogP contribution in [0.15, 0.2) is 54.6 Å². The topological polar surface area (TPSA) is 49.3 Å². The van der Waals surface area contributed by atoms with Crippen molar-refractivity contribution in [2.75, 3.05) is 31.1 Å². The fraction of sp³-hybridized carbons (Fsp3) is 0.318. The Bertz CT molecular complexity index is 944. The van der Waals surface area contributed by atoms with E-state index in [1.54, 1.807) is 0 Å². The molecule has 5 heteroatoms. The predicted molar refractivity (Wildman–Crippen MR) is 109 cm³/mol. The Morgan fingerprint density at radius 1 is 0.889 bits per heavy atom. The van der Waals surface area contributed by atoms with Gasteiger partial charge in [0.05, 0.1) is 5.69 Å². The molecule has 0 spiro atoms. The molecule has 1 aliphatic rings. The van der Waals surface area contributed by atoms with Crippen molar-refractivity contribution in [1.29, 1.82) is 0 Å². The van der Waals surface area contributed by atoms with Crippen molar-refractivity contribution in [2.24, 2.45) is 5.92 Å². The van der Waals surface area contributed by atoms with Gasteiger partial charge in [-0.25, -0.2) is 0 Å². The smallest absolute Gasteiger partial charge is 0.225 e. The average molecular weight is 360 g/mol. The first-order chi connectivity index (χ1) is 13.1. The minimum Gasteiger partial charge on any atom is -0.352 e. The molecule has 1 aliphatic heterocycles. The Morgan fingerprint density at radius 2 is 1.63 bits per heavy atom. The highest BCUT2D eigenvalue weighted by molar-refractivity contribution is 5.86. The number of amides is 1. The van der Waals surface area contributed by atoms with Gasteiger partial charge in [-0.3, -0.25) is 4.79 Å². The van der Waals surface area contributed by atoms with Crippen LogP contribution in [0.25, 0.3) is 22.0 Å². The van der Waals surface area contributed by atoms with Gasteiger partial charge in [-0.05, 0) is 29.0 Å². The molecule has 0 saturated carbocycles. The van der Waals surface area contributed by atoms with E-state index in [0.717, 1.165) is 43.3 Å². The summed E-state index contributed by atoms with van der Waals surface area (Å²) in [6.45, 7) is 6.97. The largest absolute Gasteiger partial charge is 0.352 e. The number of hydrogen-bond acceptors (Lipinski definition) is 4. The summed E-state index contributed by atoms with van der Waals surface area (Å²) >= 11 is 0. The van der Waals surface area contributed by atoms with Crippen LogP contribution in [0.1, 0.15) is 13.8 Å². The van der Waals surface area contributed by atoms with Crippen molar-refractivity contribution in [3.05, 3.63) is 54.6 Å². The minimum absolute atomic E-state index is 0.0533. The highest BCUT2D eigenvalue weighted by Gasteiger charge is 2.23. The maximum Gasteiger partial charge on any atom is 0.225 e. The van der Waals surface area contributed by atoms with Crippen LogP contribution < -0.4 is 4.90 Å². The van der Waals surface area contributed by atoms with Gasteiger partial charge in [0, 0.05) is 37.7 Å². The van der Waals surface area contributed by atoms with E-state index < -0.39 is 0 Å². The van der Waals surface area contributed by atoms with Crippen LogP contribution in [-0.4, -0.2) is 47.2 Å². The Hall–Kier alpha value is -2.95. The molecule has 0 bridgehead atoms. The number of carbonyl (C=O) groups is 1. The second kappa shape index (κ2) is 7.35. The summed E-state index contributed by atoms with van der Waals surface area (Å²) < 4.78 is 0. The lowest BCUT2D eigenvalue weighted by molar-refractivity contribution is -0.134. The maximum absolute atomic E-state index is 12.1. The molecule has 138 valence electrons. The molecule has 1 amide bonds. The van der Waals surface area contributed by atoms with Crippen LogP contribution in [0.2, 0.25) is 0 Å². The van der Waals surface area contributed by atoms with Gasteiger partial charge in [0.1, 0.15) is 0 Å². The van der Waals surface area contributed by atoms with Gasteiger partial charge < -0.3 is 9.80 Å². The first-order valence-electron chi connectivity index (χ1n) is 9.48. The Labute approximate surface area is 159 Å². The van der Waals surface area contributed by atoms with Crippen molar-refractivity contribution in [3.8, 4) is 11.3 Å². The lowest BCUT2D eigenvalue weighted by atomic mass is 10.1. The summed E-state index contributed by atoms with van der Waals surface area (Å²) in [5, 5.41) is 11.3. The third-order valence-corrected chi connectivity index (χ3v) is 5.10. The van der Waals surface area contributed by atoms with Crippen molar-refractivity contribution in [3.63, 3.8) is 0 Å². The molecule has 2 heterocycles. The number of rotatable bonds is 3. The first kappa shape index (κ1) is 17.5. The van der Waals surface area contributed by atoms with E-state index in [4.69, 9.17) is 0 Å². The van der Waals surface area contributed by atoms with Crippen LogP contribution in [0.5, 0.6) is 0 Å². The van der Waals surface area contributed by atoms with E-state index in [2.05, 4.69) is 45.4 Å². The third kappa shape index (κ3) is 3.63. The summed E-state index contributed by atoms with van der Waals surface area (Å²) in [5.74, 6) is 1.15. The molecule has 3 aromatic rings. The second-order valence-corrected chi connectivity index (χ2v) is 7.31. The van der Waals surface area contributed by atoms with Gasteiger partial charge in [0.2, 0.25) is 5.91 Å². The number of piperazine rings is 1. The predicted octanol–water partition coefficient (Wildman–Crippen LogP) is 3.60. The Morgan fingerprint density at radius 3 is 2.30 bits per heavy atom. The third-order valence-electron chi connectivity index (χ3n) is 5.10. The normalized spacial score (nSPS) is 14.8. The number of hydrogen-bond donors (Lipinski definition) is 0. The highest BCUT2D eigenvalue weighted by Crippen LogP contribution is 2.24. The van der Waals surface area contributed by atoms with E-state index in [0.29, 0.717) is 0 Å². The van der Waals surface area contributed by atoms with E-state index in [-0.39, 0.29) is 11.8 Å². The molecule has 27 heavy (non-hydrogen) atoms. The zero-order valence-corrected chi connectivity index (χ0v) is 15.8. The van der Waals surface area contributed by atoms with Crippen molar-refractivity contribution < 1.29 is 4.79 Å². The first-order valence-corrected chi connectivity index (χ1v) is 9.48. The molecule has 1 aromatic heterocycles. The maximum atomic E-state index is 12.1. The van der Waals surface area contributed by atoms with Gasteiger partial charge in [-0.15, -0.1) is 10.2 Å². The molecule has 1 saturated heterocycles. The molecule has 0 unspecified atom stereocenters. The number of aromatic nitrogens is 2. The fourth-order valence-corrected chi connectivity index (χ4v) is 3.52. The molecule has 5 nitrogen and oxygen atoms in total. The Kier molecular flexibility index (Phi) is 4.75. The zero-order chi connectivity index (χ0) is 18.8. The summed E-state index contributed by atoms with van der Waals surface area (Å²) in [6, 6.07) is 18.7.